The smallest absolute Gasteiger partial charge is 0.335 e. The topological polar surface area (TPSA) is 103 Å². The normalized spacial score (nSPS) is 19.6. The van der Waals surface area contributed by atoms with Gasteiger partial charge in [0.2, 0.25) is 10.0 Å². The highest BCUT2D eigenvalue weighted by Gasteiger charge is 2.31. The summed E-state index contributed by atoms with van der Waals surface area (Å²) < 4.78 is 26.6. The predicted molar refractivity (Wildman–Crippen MR) is 82.7 cm³/mol. The summed E-state index contributed by atoms with van der Waals surface area (Å²) in [5, 5.41) is 15.2. The molecular weight excluding hydrogens is 318 g/mol. The molecule has 0 spiro atoms. The van der Waals surface area contributed by atoms with Gasteiger partial charge in [-0.1, -0.05) is 12.1 Å². The van der Waals surface area contributed by atoms with Crippen LogP contribution >= 0.6 is 0 Å². The first-order valence-electron chi connectivity index (χ1n) is 7.30. The number of piperidine rings is 1. The van der Waals surface area contributed by atoms with Gasteiger partial charge in [0.15, 0.2) is 0 Å². The molecule has 1 aliphatic rings. The number of carbonyl (C=O) groups is 1. The summed E-state index contributed by atoms with van der Waals surface area (Å²) in [6.07, 6.45) is 4.33. The minimum atomic E-state index is -3.54. The molecule has 1 aliphatic heterocycles. The van der Waals surface area contributed by atoms with Crippen molar-refractivity contribution in [2.24, 2.45) is 0 Å². The third-order valence-electron chi connectivity index (χ3n) is 4.12. The van der Waals surface area contributed by atoms with Crippen molar-refractivity contribution in [3.8, 4) is 0 Å². The lowest BCUT2D eigenvalue weighted by Gasteiger charge is -2.31. The van der Waals surface area contributed by atoms with Gasteiger partial charge in [-0.2, -0.15) is 9.40 Å². The summed E-state index contributed by atoms with van der Waals surface area (Å²) in [6, 6.07) is 6.65. The number of carboxylic acid groups (broad SMARTS) is 1. The second kappa shape index (κ2) is 6.13. The largest absolute Gasteiger partial charge is 0.478 e. The van der Waals surface area contributed by atoms with E-state index in [9.17, 15) is 13.2 Å². The first-order chi connectivity index (χ1) is 11.0. The number of nitrogens with zero attached hydrogens (tertiary/aromatic N) is 2. The van der Waals surface area contributed by atoms with Gasteiger partial charge in [-0.05, 0) is 36.5 Å². The van der Waals surface area contributed by atoms with Crippen LogP contribution in [-0.2, 0) is 10.0 Å². The van der Waals surface area contributed by atoms with Crippen LogP contribution in [0.25, 0.3) is 0 Å². The number of sulfonamides is 1. The zero-order valence-corrected chi connectivity index (χ0v) is 13.2. The van der Waals surface area contributed by atoms with Crippen molar-refractivity contribution in [3.63, 3.8) is 0 Å². The lowest BCUT2D eigenvalue weighted by Crippen LogP contribution is -2.38. The van der Waals surface area contributed by atoms with Crippen LogP contribution in [0.5, 0.6) is 0 Å². The molecule has 2 aromatic rings. The van der Waals surface area contributed by atoms with Crippen molar-refractivity contribution < 1.29 is 18.3 Å². The summed E-state index contributed by atoms with van der Waals surface area (Å²) in [5.74, 6) is -0.905. The van der Waals surface area contributed by atoms with Crippen LogP contribution in [0.15, 0.2) is 41.6 Å². The van der Waals surface area contributed by atoms with Gasteiger partial charge in [0.25, 0.3) is 0 Å². The van der Waals surface area contributed by atoms with E-state index in [1.54, 1.807) is 24.3 Å². The Morgan fingerprint density at radius 1 is 1.30 bits per heavy atom. The van der Waals surface area contributed by atoms with Crippen LogP contribution in [0.2, 0.25) is 0 Å². The number of hydrogen-bond donors (Lipinski definition) is 2. The third-order valence-corrected chi connectivity index (χ3v) is 5.95. The number of H-pyrrole nitrogens is 1. The Morgan fingerprint density at radius 3 is 2.65 bits per heavy atom. The molecule has 1 saturated heterocycles. The van der Waals surface area contributed by atoms with Crippen molar-refractivity contribution >= 4 is 16.0 Å². The highest BCUT2D eigenvalue weighted by Crippen LogP contribution is 2.30. The minimum Gasteiger partial charge on any atom is -0.478 e. The fraction of sp³-hybridized carbons (Fsp3) is 0.333. The van der Waals surface area contributed by atoms with Crippen molar-refractivity contribution in [2.75, 3.05) is 13.1 Å². The van der Waals surface area contributed by atoms with Crippen LogP contribution in [0, 0.1) is 0 Å². The molecule has 0 radical (unpaired) electrons. The average molecular weight is 335 g/mol. The maximum atomic E-state index is 12.6. The molecule has 2 N–H and O–H groups in total. The Balaban J connectivity index is 1.79. The van der Waals surface area contributed by atoms with Gasteiger partial charge in [0, 0.05) is 19.3 Å². The molecule has 0 saturated carbocycles. The van der Waals surface area contributed by atoms with Gasteiger partial charge >= 0.3 is 5.97 Å². The number of hydrogen-bond acceptors (Lipinski definition) is 4. The number of aromatic nitrogens is 2. The molecule has 1 atom stereocenters. The zero-order chi connectivity index (χ0) is 16.4. The zero-order valence-electron chi connectivity index (χ0n) is 12.3. The molecule has 1 fully saturated rings. The maximum Gasteiger partial charge on any atom is 0.335 e. The molecule has 8 heteroatoms. The standard InChI is InChI=1S/C15H17N3O4S/c19-15(20)12-5-3-11(4-6-12)13-2-1-7-18(10-13)23(21,22)14-8-16-17-9-14/h3-6,8-9,13H,1-2,7,10H2,(H,16,17)(H,19,20)/t13-/m1/s1. The first kappa shape index (κ1) is 15.7. The molecular formula is C15H17N3O4S. The molecule has 2 heterocycles. The Morgan fingerprint density at radius 2 is 2.04 bits per heavy atom. The van der Waals surface area contributed by atoms with E-state index in [1.807, 2.05) is 0 Å². The quantitative estimate of drug-likeness (QED) is 0.885. The third kappa shape index (κ3) is 3.13. The van der Waals surface area contributed by atoms with E-state index in [0.717, 1.165) is 18.4 Å². The van der Waals surface area contributed by atoms with E-state index in [1.165, 1.54) is 16.7 Å². The monoisotopic (exact) mass is 335 g/mol. The highest BCUT2D eigenvalue weighted by atomic mass is 32.2. The molecule has 0 bridgehead atoms. The molecule has 1 aromatic heterocycles. The summed E-state index contributed by atoms with van der Waals surface area (Å²) in [4.78, 5) is 11.1. The van der Waals surface area contributed by atoms with E-state index in [2.05, 4.69) is 10.2 Å². The Bertz CT molecular complexity index is 785. The Hall–Kier alpha value is -2.19. The van der Waals surface area contributed by atoms with Crippen LogP contribution in [0.4, 0.5) is 0 Å². The number of aromatic carboxylic acids is 1. The first-order valence-corrected chi connectivity index (χ1v) is 8.74. The Kier molecular flexibility index (Phi) is 4.18. The van der Waals surface area contributed by atoms with Crippen LogP contribution < -0.4 is 0 Å². The SMILES string of the molecule is O=C(O)c1ccc([C@@H]2CCCN(S(=O)(=O)c3cn[nH]c3)C2)cc1. The maximum absolute atomic E-state index is 12.6. The number of carboxylic acids is 1. The molecule has 122 valence electrons. The lowest BCUT2D eigenvalue weighted by atomic mass is 9.91. The summed E-state index contributed by atoms with van der Waals surface area (Å²) in [6.45, 7) is 0.872. The second-order valence-corrected chi connectivity index (χ2v) is 7.50. The molecule has 0 amide bonds. The van der Waals surface area contributed by atoms with Crippen molar-refractivity contribution in [1.82, 2.24) is 14.5 Å². The van der Waals surface area contributed by atoms with Crippen LogP contribution in [0.1, 0.15) is 34.7 Å². The molecule has 0 aliphatic carbocycles. The van der Waals surface area contributed by atoms with Gasteiger partial charge in [0.1, 0.15) is 4.90 Å². The van der Waals surface area contributed by atoms with E-state index >= 15 is 0 Å². The summed E-state index contributed by atoms with van der Waals surface area (Å²) in [7, 11) is -3.54. The molecule has 3 rings (SSSR count). The predicted octanol–water partition coefficient (Wildman–Crippen LogP) is 1.68. The van der Waals surface area contributed by atoms with Gasteiger partial charge in [-0.3, -0.25) is 5.10 Å². The van der Waals surface area contributed by atoms with Gasteiger partial charge in [-0.25, -0.2) is 13.2 Å². The van der Waals surface area contributed by atoms with Crippen molar-refractivity contribution in [2.45, 2.75) is 23.7 Å². The lowest BCUT2D eigenvalue weighted by molar-refractivity contribution is 0.0697. The van der Waals surface area contributed by atoms with Crippen LogP contribution in [-0.4, -0.2) is 47.1 Å². The molecule has 23 heavy (non-hydrogen) atoms. The fourth-order valence-electron chi connectivity index (χ4n) is 2.86. The van der Waals surface area contributed by atoms with Gasteiger partial charge in [-0.15, -0.1) is 0 Å². The van der Waals surface area contributed by atoms with Gasteiger partial charge < -0.3 is 5.11 Å². The number of nitrogens with one attached hydrogen (secondary N) is 1. The van der Waals surface area contributed by atoms with E-state index in [-0.39, 0.29) is 16.4 Å². The average Bonchev–Trinajstić information content (AvgIpc) is 3.10. The summed E-state index contributed by atoms with van der Waals surface area (Å²) in [5.41, 5.74) is 1.19. The summed E-state index contributed by atoms with van der Waals surface area (Å²) >= 11 is 0. The molecule has 1 aromatic carbocycles. The molecule has 0 unspecified atom stereocenters. The number of benzene rings is 1. The fourth-order valence-corrected chi connectivity index (χ4v) is 4.29. The number of rotatable bonds is 4. The van der Waals surface area contributed by atoms with E-state index in [4.69, 9.17) is 5.11 Å². The van der Waals surface area contributed by atoms with E-state index in [0.29, 0.717) is 13.1 Å². The highest BCUT2D eigenvalue weighted by molar-refractivity contribution is 7.89. The number of aromatic amines is 1. The minimum absolute atomic E-state index is 0.0632. The van der Waals surface area contributed by atoms with Gasteiger partial charge in [0.05, 0.1) is 11.8 Å². The second-order valence-electron chi connectivity index (χ2n) is 5.56. The van der Waals surface area contributed by atoms with E-state index < -0.39 is 16.0 Å². The molecule has 7 nitrogen and oxygen atoms in total. The van der Waals surface area contributed by atoms with Crippen molar-refractivity contribution in [1.29, 1.82) is 0 Å². The Labute approximate surface area is 134 Å². The van der Waals surface area contributed by atoms with Crippen LogP contribution in [0.3, 0.4) is 0 Å². The van der Waals surface area contributed by atoms with Crippen molar-refractivity contribution in [3.05, 3.63) is 47.8 Å².